The third-order valence-electron chi connectivity index (χ3n) is 1.13. The van der Waals surface area contributed by atoms with Crippen LogP contribution in [0.25, 0.3) is 0 Å². The SMILES string of the molecule is COCCCCOC(=O)CS. The average Bonchev–Trinajstić information content (AvgIpc) is 2.04. The Morgan fingerprint density at radius 1 is 1.36 bits per heavy atom. The van der Waals surface area contributed by atoms with Gasteiger partial charge in [0.15, 0.2) is 0 Å². The van der Waals surface area contributed by atoms with Crippen LogP contribution in [-0.2, 0) is 14.3 Å². The maximum Gasteiger partial charge on any atom is 0.315 e. The fraction of sp³-hybridized carbons (Fsp3) is 0.857. The molecule has 0 aliphatic carbocycles. The zero-order valence-corrected chi connectivity index (χ0v) is 7.60. The van der Waals surface area contributed by atoms with Gasteiger partial charge in [-0.15, -0.1) is 0 Å². The number of ether oxygens (including phenoxy) is 2. The molecule has 66 valence electrons. The molecule has 0 rings (SSSR count). The van der Waals surface area contributed by atoms with Crippen molar-refractivity contribution in [2.45, 2.75) is 12.8 Å². The van der Waals surface area contributed by atoms with E-state index >= 15 is 0 Å². The van der Waals surface area contributed by atoms with Crippen LogP contribution in [0.5, 0.6) is 0 Å². The molecule has 0 aromatic rings. The minimum Gasteiger partial charge on any atom is -0.465 e. The number of hydrogen-bond acceptors (Lipinski definition) is 4. The van der Waals surface area contributed by atoms with Crippen molar-refractivity contribution in [3.8, 4) is 0 Å². The molecular formula is C7H14O3S. The molecule has 3 nitrogen and oxygen atoms in total. The van der Waals surface area contributed by atoms with Gasteiger partial charge in [0.25, 0.3) is 0 Å². The normalized spacial score (nSPS) is 9.64. The summed E-state index contributed by atoms with van der Waals surface area (Å²) in [5.74, 6) is -0.102. The highest BCUT2D eigenvalue weighted by molar-refractivity contribution is 7.81. The summed E-state index contributed by atoms with van der Waals surface area (Å²) in [6.07, 6.45) is 1.78. The Bertz CT molecular complexity index is 106. The van der Waals surface area contributed by atoms with Gasteiger partial charge in [-0.1, -0.05) is 0 Å². The number of thiol groups is 1. The molecule has 0 saturated carbocycles. The Hall–Kier alpha value is -0.220. The number of methoxy groups -OCH3 is 1. The van der Waals surface area contributed by atoms with Crippen LogP contribution in [0, 0.1) is 0 Å². The summed E-state index contributed by atoms with van der Waals surface area (Å²) in [6.45, 7) is 1.20. The molecular weight excluding hydrogens is 164 g/mol. The second-order valence-corrected chi connectivity index (χ2v) is 2.39. The third-order valence-corrected chi connectivity index (χ3v) is 1.39. The van der Waals surface area contributed by atoms with Crippen LogP contribution < -0.4 is 0 Å². The first-order valence-corrected chi connectivity index (χ1v) is 4.20. The molecule has 0 radical (unpaired) electrons. The zero-order valence-electron chi connectivity index (χ0n) is 6.71. The van der Waals surface area contributed by atoms with Crippen LogP contribution >= 0.6 is 12.6 Å². The molecule has 0 fully saturated rings. The summed E-state index contributed by atoms with van der Waals surface area (Å²) >= 11 is 3.76. The molecule has 0 unspecified atom stereocenters. The minimum atomic E-state index is -0.259. The van der Waals surface area contributed by atoms with Gasteiger partial charge < -0.3 is 9.47 Å². The predicted molar refractivity (Wildman–Crippen MR) is 45.9 cm³/mol. The van der Waals surface area contributed by atoms with Crippen molar-refractivity contribution in [2.75, 3.05) is 26.1 Å². The molecule has 0 amide bonds. The molecule has 0 heterocycles. The van der Waals surface area contributed by atoms with Crippen LogP contribution in [0.3, 0.4) is 0 Å². The monoisotopic (exact) mass is 178 g/mol. The van der Waals surface area contributed by atoms with Crippen LogP contribution in [0.15, 0.2) is 0 Å². The summed E-state index contributed by atoms with van der Waals surface area (Å²) in [7, 11) is 1.65. The lowest BCUT2D eigenvalue weighted by Gasteiger charge is -2.01. The topological polar surface area (TPSA) is 35.5 Å². The summed E-state index contributed by atoms with van der Waals surface area (Å²) in [4.78, 5) is 10.5. The van der Waals surface area contributed by atoms with Crippen molar-refractivity contribution in [3.63, 3.8) is 0 Å². The summed E-state index contributed by atoms with van der Waals surface area (Å²) in [6, 6.07) is 0. The molecule has 0 aromatic carbocycles. The largest absolute Gasteiger partial charge is 0.465 e. The molecule has 0 aliphatic rings. The van der Waals surface area contributed by atoms with Crippen molar-refractivity contribution >= 4 is 18.6 Å². The maximum atomic E-state index is 10.5. The molecule has 0 aliphatic heterocycles. The van der Waals surface area contributed by atoms with Gasteiger partial charge in [-0.25, -0.2) is 0 Å². The molecule has 0 bridgehead atoms. The Labute approximate surface area is 72.5 Å². The first-order chi connectivity index (χ1) is 5.31. The van der Waals surface area contributed by atoms with Crippen molar-refractivity contribution in [1.29, 1.82) is 0 Å². The number of carbonyl (C=O) groups is 1. The van der Waals surface area contributed by atoms with E-state index in [1.165, 1.54) is 0 Å². The van der Waals surface area contributed by atoms with Crippen molar-refractivity contribution < 1.29 is 14.3 Å². The lowest BCUT2D eigenvalue weighted by atomic mass is 10.3. The Morgan fingerprint density at radius 3 is 2.55 bits per heavy atom. The van der Waals surface area contributed by atoms with Crippen LogP contribution in [-0.4, -0.2) is 32.0 Å². The Kier molecular flexibility index (Phi) is 7.72. The fourth-order valence-electron chi connectivity index (χ4n) is 0.580. The molecule has 0 aromatic heterocycles. The van der Waals surface area contributed by atoms with E-state index in [1.807, 2.05) is 0 Å². The second kappa shape index (κ2) is 7.88. The highest BCUT2D eigenvalue weighted by atomic mass is 32.1. The van der Waals surface area contributed by atoms with Crippen LogP contribution in [0.1, 0.15) is 12.8 Å². The maximum absolute atomic E-state index is 10.5. The van der Waals surface area contributed by atoms with Gasteiger partial charge in [0.2, 0.25) is 0 Å². The summed E-state index contributed by atoms with van der Waals surface area (Å²) < 4.78 is 9.59. The van der Waals surface area contributed by atoms with Gasteiger partial charge in [-0.3, -0.25) is 4.79 Å². The van der Waals surface area contributed by atoms with E-state index in [9.17, 15) is 4.79 Å². The molecule has 0 saturated heterocycles. The van der Waals surface area contributed by atoms with Crippen molar-refractivity contribution in [1.82, 2.24) is 0 Å². The molecule has 0 N–H and O–H groups in total. The Morgan fingerprint density at radius 2 is 2.00 bits per heavy atom. The van der Waals surface area contributed by atoms with E-state index in [2.05, 4.69) is 12.6 Å². The fourth-order valence-corrected chi connectivity index (χ4v) is 0.671. The summed E-state index contributed by atoms with van der Waals surface area (Å²) in [5, 5.41) is 0. The van der Waals surface area contributed by atoms with Crippen molar-refractivity contribution in [3.05, 3.63) is 0 Å². The van der Waals surface area contributed by atoms with Gasteiger partial charge in [-0.05, 0) is 12.8 Å². The van der Waals surface area contributed by atoms with Gasteiger partial charge >= 0.3 is 5.97 Å². The van der Waals surface area contributed by atoms with Crippen LogP contribution in [0.4, 0.5) is 0 Å². The highest BCUT2D eigenvalue weighted by Gasteiger charge is 1.96. The van der Waals surface area contributed by atoms with Gasteiger partial charge in [0.1, 0.15) is 0 Å². The third kappa shape index (κ3) is 7.68. The molecule has 0 spiro atoms. The first kappa shape index (κ1) is 10.8. The van der Waals surface area contributed by atoms with Crippen molar-refractivity contribution in [2.24, 2.45) is 0 Å². The predicted octanol–water partition coefficient (Wildman–Crippen LogP) is 0.886. The lowest BCUT2D eigenvalue weighted by molar-refractivity contribution is -0.140. The number of unbranched alkanes of at least 4 members (excludes halogenated alkanes) is 1. The highest BCUT2D eigenvalue weighted by Crippen LogP contribution is 1.91. The molecule has 0 atom stereocenters. The van der Waals surface area contributed by atoms with E-state index < -0.39 is 0 Å². The van der Waals surface area contributed by atoms with E-state index in [0.717, 1.165) is 19.4 Å². The number of esters is 1. The van der Waals surface area contributed by atoms with E-state index in [-0.39, 0.29) is 11.7 Å². The Balaban J connectivity index is 2.95. The van der Waals surface area contributed by atoms with Crippen LogP contribution in [0.2, 0.25) is 0 Å². The first-order valence-electron chi connectivity index (χ1n) is 3.56. The molecule has 11 heavy (non-hydrogen) atoms. The molecule has 4 heteroatoms. The number of rotatable bonds is 6. The second-order valence-electron chi connectivity index (χ2n) is 2.08. The number of carbonyl (C=O) groups excluding carboxylic acids is 1. The lowest BCUT2D eigenvalue weighted by Crippen LogP contribution is -2.07. The minimum absolute atomic E-state index is 0.157. The van der Waals surface area contributed by atoms with E-state index in [0.29, 0.717) is 6.61 Å². The van der Waals surface area contributed by atoms with Gasteiger partial charge in [0.05, 0.1) is 12.4 Å². The quantitative estimate of drug-likeness (QED) is 0.372. The standard InChI is InChI=1S/C7H14O3S/c1-9-4-2-3-5-10-7(8)6-11/h11H,2-6H2,1H3. The zero-order chi connectivity index (χ0) is 8.53. The number of hydrogen-bond donors (Lipinski definition) is 1. The smallest absolute Gasteiger partial charge is 0.315 e. The van der Waals surface area contributed by atoms with Gasteiger partial charge in [0, 0.05) is 13.7 Å². The average molecular weight is 178 g/mol. The van der Waals surface area contributed by atoms with Gasteiger partial charge in [-0.2, -0.15) is 12.6 Å². The van der Waals surface area contributed by atoms with E-state index in [1.54, 1.807) is 7.11 Å². The summed E-state index contributed by atoms with van der Waals surface area (Å²) in [5.41, 5.74) is 0. The van der Waals surface area contributed by atoms with E-state index in [4.69, 9.17) is 9.47 Å².